The third-order valence-corrected chi connectivity index (χ3v) is 10.5. The molecule has 9 aromatic carbocycles. The van der Waals surface area contributed by atoms with Crippen molar-refractivity contribution in [2.45, 2.75) is 5.41 Å². The van der Waals surface area contributed by atoms with Gasteiger partial charge in [0.2, 0.25) is 0 Å². The molecule has 0 N–H and O–H groups in total. The molecule has 0 heterocycles. The highest BCUT2D eigenvalue weighted by Crippen LogP contribution is 2.57. The number of rotatable bonds is 4. The van der Waals surface area contributed by atoms with Gasteiger partial charge in [0.25, 0.3) is 0 Å². The molecule has 0 spiro atoms. The molecule has 0 radical (unpaired) electrons. The van der Waals surface area contributed by atoms with Gasteiger partial charge in [-0.1, -0.05) is 170 Å². The molecule has 218 valence electrons. The molecule has 0 saturated carbocycles. The van der Waals surface area contributed by atoms with Crippen LogP contribution in [-0.2, 0) is 5.41 Å². The average molecular weight is 595 g/mol. The summed E-state index contributed by atoms with van der Waals surface area (Å²) in [6, 6.07) is 67.6. The van der Waals surface area contributed by atoms with E-state index in [0.29, 0.717) is 0 Å². The first-order chi connectivity index (χ1) is 23.3. The SMILES string of the molecule is c1ccc(-c2c3ccccc3c(-c3cc4c5c(ccc6cccc(c65)C4(c4ccccc4)c4ccccc4)c3)c3ccccc23)cc1. The maximum absolute atomic E-state index is 2.53. The van der Waals surface area contributed by atoms with Crippen molar-refractivity contribution < 1.29 is 0 Å². The van der Waals surface area contributed by atoms with Crippen molar-refractivity contribution in [3.63, 3.8) is 0 Å². The van der Waals surface area contributed by atoms with Crippen molar-refractivity contribution in [1.29, 1.82) is 0 Å². The van der Waals surface area contributed by atoms with E-state index in [0.717, 1.165) is 0 Å². The molecule has 0 amide bonds. The van der Waals surface area contributed by atoms with Gasteiger partial charge in [0.15, 0.2) is 0 Å². The van der Waals surface area contributed by atoms with E-state index in [1.54, 1.807) is 0 Å². The minimum Gasteiger partial charge on any atom is -0.0622 e. The lowest BCUT2D eigenvalue weighted by Gasteiger charge is -2.34. The molecule has 0 atom stereocenters. The van der Waals surface area contributed by atoms with Crippen LogP contribution < -0.4 is 0 Å². The van der Waals surface area contributed by atoms with Gasteiger partial charge in [-0.2, -0.15) is 0 Å². The summed E-state index contributed by atoms with van der Waals surface area (Å²) in [5.41, 5.74) is 9.94. The molecule has 0 heteroatoms. The first-order valence-electron chi connectivity index (χ1n) is 16.4. The molecular formula is C47H30. The van der Waals surface area contributed by atoms with Crippen LogP contribution in [0.15, 0.2) is 182 Å². The Labute approximate surface area is 274 Å². The lowest BCUT2D eigenvalue weighted by molar-refractivity contribution is 0.772. The molecule has 9 aromatic rings. The van der Waals surface area contributed by atoms with Gasteiger partial charge in [-0.15, -0.1) is 0 Å². The van der Waals surface area contributed by atoms with Gasteiger partial charge >= 0.3 is 0 Å². The van der Waals surface area contributed by atoms with E-state index >= 15 is 0 Å². The Bertz CT molecular complexity index is 2550. The Morgan fingerprint density at radius 1 is 0.298 bits per heavy atom. The van der Waals surface area contributed by atoms with Gasteiger partial charge in [-0.3, -0.25) is 0 Å². The molecule has 0 aliphatic heterocycles. The fourth-order valence-electron chi connectivity index (χ4n) is 8.66. The fraction of sp³-hybridized carbons (Fsp3) is 0.0213. The van der Waals surface area contributed by atoms with Crippen LogP contribution in [0.2, 0.25) is 0 Å². The standard InChI is InChI=1S/C47H30/c1-4-15-31(16-5-1)43-37-22-10-12-24-39(37)44(40-25-13-11-23-38(40)43)34-29-33-28-27-32-17-14-26-41-45(32)46(33)42(30-34)47(41,35-18-6-2-7-19-35)36-20-8-3-9-21-36/h1-30H. The van der Waals surface area contributed by atoms with Crippen LogP contribution in [0.5, 0.6) is 0 Å². The molecule has 0 aromatic heterocycles. The summed E-state index contributed by atoms with van der Waals surface area (Å²) in [6.45, 7) is 0. The van der Waals surface area contributed by atoms with Crippen LogP contribution in [0.4, 0.5) is 0 Å². The Balaban J connectivity index is 1.39. The van der Waals surface area contributed by atoms with Gasteiger partial charge in [0, 0.05) is 0 Å². The van der Waals surface area contributed by atoms with Crippen molar-refractivity contribution in [1.82, 2.24) is 0 Å². The van der Waals surface area contributed by atoms with E-state index in [1.807, 2.05) is 0 Å². The topological polar surface area (TPSA) is 0 Å². The maximum Gasteiger partial charge on any atom is 0.0714 e. The van der Waals surface area contributed by atoms with Crippen molar-refractivity contribution in [3.05, 3.63) is 204 Å². The second-order valence-corrected chi connectivity index (χ2v) is 12.8. The second-order valence-electron chi connectivity index (χ2n) is 12.8. The third kappa shape index (κ3) is 3.59. The van der Waals surface area contributed by atoms with E-state index in [-0.39, 0.29) is 0 Å². The zero-order valence-electron chi connectivity index (χ0n) is 25.8. The maximum atomic E-state index is 2.53. The molecular weight excluding hydrogens is 565 g/mol. The molecule has 0 fully saturated rings. The fourth-order valence-corrected chi connectivity index (χ4v) is 8.66. The third-order valence-electron chi connectivity index (χ3n) is 10.5. The van der Waals surface area contributed by atoms with E-state index < -0.39 is 5.41 Å². The van der Waals surface area contributed by atoms with Crippen LogP contribution in [0.25, 0.3) is 65.3 Å². The minimum absolute atomic E-state index is 0.449. The summed E-state index contributed by atoms with van der Waals surface area (Å²) in [4.78, 5) is 0. The largest absolute Gasteiger partial charge is 0.0714 e. The van der Waals surface area contributed by atoms with Gasteiger partial charge < -0.3 is 0 Å². The Kier molecular flexibility index (Phi) is 5.59. The molecule has 10 rings (SSSR count). The van der Waals surface area contributed by atoms with E-state index in [4.69, 9.17) is 0 Å². The predicted octanol–water partition coefficient (Wildman–Crippen LogP) is 12.3. The van der Waals surface area contributed by atoms with E-state index in [9.17, 15) is 0 Å². The highest BCUT2D eigenvalue weighted by atomic mass is 14.5. The monoisotopic (exact) mass is 594 g/mol. The lowest BCUT2D eigenvalue weighted by atomic mass is 9.67. The summed E-state index contributed by atoms with van der Waals surface area (Å²) in [5, 5.41) is 10.4. The Morgan fingerprint density at radius 3 is 1.34 bits per heavy atom. The van der Waals surface area contributed by atoms with Crippen molar-refractivity contribution in [3.8, 4) is 22.3 Å². The number of hydrogen-bond donors (Lipinski definition) is 0. The van der Waals surface area contributed by atoms with E-state index in [2.05, 4.69) is 182 Å². The summed E-state index contributed by atoms with van der Waals surface area (Å²) in [7, 11) is 0. The molecule has 47 heavy (non-hydrogen) atoms. The van der Waals surface area contributed by atoms with Crippen LogP contribution in [0.1, 0.15) is 22.3 Å². The van der Waals surface area contributed by atoms with Gasteiger partial charge in [0.1, 0.15) is 0 Å². The smallest absolute Gasteiger partial charge is 0.0622 e. The normalized spacial score (nSPS) is 13.3. The first kappa shape index (κ1) is 26.3. The number of fused-ring (bicyclic) bond motifs is 2. The Morgan fingerprint density at radius 2 is 0.766 bits per heavy atom. The zero-order chi connectivity index (χ0) is 31.0. The molecule has 1 aliphatic carbocycles. The summed E-state index contributed by atoms with van der Waals surface area (Å²) in [5.74, 6) is 0. The molecule has 0 saturated heterocycles. The summed E-state index contributed by atoms with van der Waals surface area (Å²) in [6.07, 6.45) is 0. The molecule has 1 aliphatic rings. The van der Waals surface area contributed by atoms with Crippen molar-refractivity contribution in [2.75, 3.05) is 0 Å². The second kappa shape index (κ2) is 10.0. The van der Waals surface area contributed by atoms with Gasteiger partial charge in [-0.05, 0) is 99.7 Å². The lowest BCUT2D eigenvalue weighted by Crippen LogP contribution is -2.28. The van der Waals surface area contributed by atoms with Crippen molar-refractivity contribution in [2.24, 2.45) is 0 Å². The van der Waals surface area contributed by atoms with Crippen LogP contribution >= 0.6 is 0 Å². The zero-order valence-corrected chi connectivity index (χ0v) is 25.8. The quantitative estimate of drug-likeness (QED) is 0.140. The highest BCUT2D eigenvalue weighted by molar-refractivity contribution is 6.23. The predicted molar refractivity (Wildman–Crippen MR) is 199 cm³/mol. The molecule has 0 unspecified atom stereocenters. The minimum atomic E-state index is -0.449. The van der Waals surface area contributed by atoms with Crippen LogP contribution in [-0.4, -0.2) is 0 Å². The van der Waals surface area contributed by atoms with E-state index in [1.165, 1.54) is 87.6 Å². The molecule has 0 bridgehead atoms. The van der Waals surface area contributed by atoms with Gasteiger partial charge in [-0.25, -0.2) is 0 Å². The first-order valence-corrected chi connectivity index (χ1v) is 16.4. The summed E-state index contributed by atoms with van der Waals surface area (Å²) < 4.78 is 0. The number of hydrogen-bond acceptors (Lipinski definition) is 0. The van der Waals surface area contributed by atoms with Crippen LogP contribution in [0, 0.1) is 0 Å². The number of benzene rings is 9. The summed E-state index contributed by atoms with van der Waals surface area (Å²) >= 11 is 0. The average Bonchev–Trinajstić information content (AvgIpc) is 3.45. The molecule has 0 nitrogen and oxygen atoms in total. The Hall–Kier alpha value is -5.98. The highest BCUT2D eigenvalue weighted by Gasteiger charge is 2.45. The van der Waals surface area contributed by atoms with Gasteiger partial charge in [0.05, 0.1) is 5.41 Å². The van der Waals surface area contributed by atoms with Crippen LogP contribution in [0.3, 0.4) is 0 Å². The van der Waals surface area contributed by atoms with Crippen molar-refractivity contribution >= 4 is 43.1 Å².